The molecule has 0 spiro atoms. The predicted molar refractivity (Wildman–Crippen MR) is 83.9 cm³/mol. The zero-order chi connectivity index (χ0) is 14.5. The zero-order valence-corrected chi connectivity index (χ0v) is 12.4. The Bertz CT molecular complexity index is 453. The number of anilines is 2. The second-order valence-electron chi connectivity index (χ2n) is 5.97. The number of hydrogen-bond donors (Lipinski definition) is 2. The first kappa shape index (κ1) is 14.9. The Labute approximate surface area is 121 Å². The van der Waals surface area contributed by atoms with Gasteiger partial charge in [0.2, 0.25) is 5.91 Å². The molecule has 1 aromatic rings. The summed E-state index contributed by atoms with van der Waals surface area (Å²) in [6, 6.07) is 7.59. The minimum absolute atomic E-state index is 0.0997. The van der Waals surface area contributed by atoms with Crippen LogP contribution in [0.1, 0.15) is 33.1 Å². The van der Waals surface area contributed by atoms with Crippen molar-refractivity contribution in [2.45, 2.75) is 39.2 Å². The van der Waals surface area contributed by atoms with E-state index in [0.29, 0.717) is 12.3 Å². The molecule has 0 unspecified atom stereocenters. The minimum Gasteiger partial charge on any atom is -0.371 e. The number of nitrogens with zero attached hydrogens (tertiary/aromatic N) is 1. The number of nitrogens with two attached hydrogens (primary N) is 1. The Morgan fingerprint density at radius 2 is 2.05 bits per heavy atom. The number of benzene rings is 1. The lowest BCUT2D eigenvalue weighted by atomic mass is 10.0. The van der Waals surface area contributed by atoms with Crippen molar-refractivity contribution in [2.24, 2.45) is 11.7 Å². The molecule has 0 bridgehead atoms. The molecule has 1 fully saturated rings. The molecule has 3 N–H and O–H groups in total. The third kappa shape index (κ3) is 3.97. The predicted octanol–water partition coefficient (Wildman–Crippen LogP) is 2.60. The van der Waals surface area contributed by atoms with Crippen LogP contribution in [0.3, 0.4) is 0 Å². The molecular formula is C16H25N3O. The molecule has 0 aliphatic carbocycles. The smallest absolute Gasteiger partial charge is 0.241 e. The van der Waals surface area contributed by atoms with E-state index in [0.717, 1.165) is 18.8 Å². The Hall–Kier alpha value is -1.55. The van der Waals surface area contributed by atoms with Gasteiger partial charge < -0.3 is 16.0 Å². The van der Waals surface area contributed by atoms with Gasteiger partial charge in [0, 0.05) is 24.5 Å². The van der Waals surface area contributed by atoms with Gasteiger partial charge in [-0.1, -0.05) is 19.9 Å². The summed E-state index contributed by atoms with van der Waals surface area (Å²) < 4.78 is 0. The molecule has 0 radical (unpaired) electrons. The van der Waals surface area contributed by atoms with Gasteiger partial charge in [-0.05, 0) is 43.4 Å². The van der Waals surface area contributed by atoms with Crippen LogP contribution in [0.2, 0.25) is 0 Å². The van der Waals surface area contributed by atoms with E-state index in [9.17, 15) is 4.79 Å². The number of hydrogen-bond acceptors (Lipinski definition) is 3. The summed E-state index contributed by atoms with van der Waals surface area (Å²) in [6.07, 6.45) is 3.20. The van der Waals surface area contributed by atoms with Crippen LogP contribution in [0, 0.1) is 5.92 Å². The third-order valence-corrected chi connectivity index (χ3v) is 3.65. The molecule has 1 aliphatic heterocycles. The van der Waals surface area contributed by atoms with Crippen LogP contribution < -0.4 is 16.0 Å². The molecule has 4 nitrogen and oxygen atoms in total. The number of amides is 1. The van der Waals surface area contributed by atoms with Crippen molar-refractivity contribution in [1.82, 2.24) is 0 Å². The van der Waals surface area contributed by atoms with Crippen molar-refractivity contribution in [2.75, 3.05) is 23.3 Å². The summed E-state index contributed by atoms with van der Waals surface area (Å²) >= 11 is 0. The summed E-state index contributed by atoms with van der Waals surface area (Å²) in [4.78, 5) is 14.4. The van der Waals surface area contributed by atoms with Crippen LogP contribution in [0.5, 0.6) is 0 Å². The lowest BCUT2D eigenvalue weighted by Crippen LogP contribution is -2.36. The van der Waals surface area contributed by atoms with E-state index in [1.807, 2.05) is 18.2 Å². The molecule has 4 heteroatoms. The van der Waals surface area contributed by atoms with Crippen molar-refractivity contribution in [3.05, 3.63) is 24.3 Å². The molecule has 0 aromatic heterocycles. The van der Waals surface area contributed by atoms with Crippen LogP contribution in [-0.4, -0.2) is 25.0 Å². The third-order valence-electron chi connectivity index (χ3n) is 3.65. The second kappa shape index (κ2) is 6.75. The lowest BCUT2D eigenvalue weighted by molar-refractivity contribution is -0.117. The highest BCUT2D eigenvalue weighted by molar-refractivity contribution is 5.95. The Kier molecular flexibility index (Phi) is 5.01. The van der Waals surface area contributed by atoms with E-state index >= 15 is 0 Å². The van der Waals surface area contributed by atoms with Crippen molar-refractivity contribution < 1.29 is 4.79 Å². The average molecular weight is 275 g/mol. The Morgan fingerprint density at radius 1 is 1.35 bits per heavy atom. The molecule has 1 heterocycles. The molecule has 110 valence electrons. The topological polar surface area (TPSA) is 58.4 Å². The van der Waals surface area contributed by atoms with Gasteiger partial charge in [-0.25, -0.2) is 0 Å². The van der Waals surface area contributed by atoms with Gasteiger partial charge in [-0.3, -0.25) is 4.79 Å². The second-order valence-corrected chi connectivity index (χ2v) is 5.97. The summed E-state index contributed by atoms with van der Waals surface area (Å²) in [7, 11) is 0. The fourth-order valence-electron chi connectivity index (χ4n) is 2.61. The van der Waals surface area contributed by atoms with Crippen molar-refractivity contribution in [3.8, 4) is 0 Å². The summed E-state index contributed by atoms with van der Waals surface area (Å²) in [5.74, 6) is 0.323. The van der Waals surface area contributed by atoms with Crippen molar-refractivity contribution >= 4 is 17.3 Å². The van der Waals surface area contributed by atoms with Crippen LogP contribution in [0.4, 0.5) is 11.4 Å². The number of carbonyl (C=O) groups excluding carboxylic acids is 1. The average Bonchev–Trinajstić information content (AvgIpc) is 2.92. The quantitative estimate of drug-likeness (QED) is 0.868. The molecule has 1 aliphatic rings. The van der Waals surface area contributed by atoms with Gasteiger partial charge in [0.1, 0.15) is 0 Å². The van der Waals surface area contributed by atoms with E-state index < -0.39 is 6.04 Å². The Balaban J connectivity index is 1.98. The van der Waals surface area contributed by atoms with E-state index in [4.69, 9.17) is 5.73 Å². The molecule has 20 heavy (non-hydrogen) atoms. The van der Waals surface area contributed by atoms with Crippen LogP contribution in [0.25, 0.3) is 0 Å². The summed E-state index contributed by atoms with van der Waals surface area (Å²) in [5.41, 5.74) is 7.91. The van der Waals surface area contributed by atoms with E-state index in [1.54, 1.807) is 0 Å². The molecule has 1 saturated heterocycles. The maximum Gasteiger partial charge on any atom is 0.241 e. The normalized spacial score (nSPS) is 16.5. The molecule has 1 amide bonds. The van der Waals surface area contributed by atoms with E-state index in [2.05, 4.69) is 30.1 Å². The highest BCUT2D eigenvalue weighted by atomic mass is 16.2. The van der Waals surface area contributed by atoms with Gasteiger partial charge in [0.05, 0.1) is 6.04 Å². The lowest BCUT2D eigenvalue weighted by Gasteiger charge is -2.19. The monoisotopic (exact) mass is 275 g/mol. The maximum atomic E-state index is 12.0. The van der Waals surface area contributed by atoms with E-state index in [1.165, 1.54) is 18.5 Å². The van der Waals surface area contributed by atoms with Crippen molar-refractivity contribution in [1.29, 1.82) is 0 Å². The summed E-state index contributed by atoms with van der Waals surface area (Å²) in [6.45, 7) is 6.34. The standard InChI is InChI=1S/C16H25N3O/c1-12(2)10-15(17)16(20)18-13-6-5-7-14(11-13)19-8-3-4-9-19/h5-7,11-12,15H,3-4,8-10,17H2,1-2H3,(H,18,20)/t15-/m1/s1. The van der Waals surface area contributed by atoms with Gasteiger partial charge in [-0.2, -0.15) is 0 Å². The summed E-state index contributed by atoms with van der Waals surface area (Å²) in [5, 5.41) is 2.92. The molecule has 1 atom stereocenters. The van der Waals surface area contributed by atoms with Gasteiger partial charge in [-0.15, -0.1) is 0 Å². The molecule has 2 rings (SSSR count). The van der Waals surface area contributed by atoms with Gasteiger partial charge >= 0.3 is 0 Å². The fraction of sp³-hybridized carbons (Fsp3) is 0.562. The number of nitrogens with one attached hydrogen (secondary N) is 1. The first-order valence-corrected chi connectivity index (χ1v) is 7.47. The number of rotatable bonds is 5. The van der Waals surface area contributed by atoms with Gasteiger partial charge in [0.15, 0.2) is 0 Å². The number of carbonyl (C=O) groups is 1. The van der Waals surface area contributed by atoms with Gasteiger partial charge in [0.25, 0.3) is 0 Å². The highest BCUT2D eigenvalue weighted by Crippen LogP contribution is 2.23. The van der Waals surface area contributed by atoms with Crippen molar-refractivity contribution in [3.63, 3.8) is 0 Å². The highest BCUT2D eigenvalue weighted by Gasteiger charge is 2.16. The van der Waals surface area contributed by atoms with E-state index in [-0.39, 0.29) is 5.91 Å². The van der Waals surface area contributed by atoms with Crippen LogP contribution in [0.15, 0.2) is 24.3 Å². The first-order chi connectivity index (χ1) is 9.56. The Morgan fingerprint density at radius 3 is 2.70 bits per heavy atom. The molecule has 1 aromatic carbocycles. The van der Waals surface area contributed by atoms with Crippen LogP contribution >= 0.6 is 0 Å². The minimum atomic E-state index is -0.439. The molecular weight excluding hydrogens is 250 g/mol. The molecule has 0 saturated carbocycles. The first-order valence-electron chi connectivity index (χ1n) is 7.47. The zero-order valence-electron chi connectivity index (χ0n) is 12.4. The largest absolute Gasteiger partial charge is 0.371 e. The fourth-order valence-corrected chi connectivity index (χ4v) is 2.61. The SMILES string of the molecule is CC(C)C[C@@H](N)C(=O)Nc1cccc(N2CCCC2)c1. The maximum absolute atomic E-state index is 12.0. The van der Waals surface area contributed by atoms with Crippen LogP contribution in [-0.2, 0) is 4.79 Å².